The summed E-state index contributed by atoms with van der Waals surface area (Å²) < 4.78 is 11.3. The van der Waals surface area contributed by atoms with E-state index in [2.05, 4.69) is 6.07 Å². The molecule has 0 amide bonds. The van der Waals surface area contributed by atoms with E-state index in [1.54, 1.807) is 14.0 Å². The molecule has 0 unspecified atom stereocenters. The molecule has 0 aliphatic heterocycles. The first-order chi connectivity index (χ1) is 10.0. The lowest BCUT2D eigenvalue weighted by Crippen LogP contribution is -2.03. The van der Waals surface area contributed by atoms with Crippen LogP contribution in [-0.4, -0.2) is 12.2 Å². The summed E-state index contributed by atoms with van der Waals surface area (Å²) in [6.07, 6.45) is -0.556. The molecule has 0 spiro atoms. The molecule has 2 rings (SSSR count). The Morgan fingerprint density at radius 2 is 1.67 bits per heavy atom. The average Bonchev–Trinajstić information content (AvgIpc) is 2.45. The quantitative estimate of drug-likeness (QED) is 0.904. The Bertz CT molecular complexity index is 618. The summed E-state index contributed by atoms with van der Waals surface area (Å²) >= 11 is 0. The van der Waals surface area contributed by atoms with Gasteiger partial charge in [-0.15, -0.1) is 0 Å². The molecule has 0 aromatic heterocycles. The third-order valence-corrected chi connectivity index (χ3v) is 3.44. The van der Waals surface area contributed by atoms with Crippen molar-refractivity contribution in [3.8, 4) is 11.5 Å². The van der Waals surface area contributed by atoms with E-state index in [-0.39, 0.29) is 0 Å². The van der Waals surface area contributed by atoms with Gasteiger partial charge in [0.25, 0.3) is 0 Å². The number of hydrogen-bond donors (Lipinski definition) is 1. The van der Waals surface area contributed by atoms with Gasteiger partial charge in [-0.2, -0.15) is 0 Å². The van der Waals surface area contributed by atoms with E-state index < -0.39 is 6.10 Å². The van der Waals surface area contributed by atoms with Crippen LogP contribution < -0.4 is 9.47 Å². The van der Waals surface area contributed by atoms with Gasteiger partial charge in [-0.25, -0.2) is 0 Å². The second kappa shape index (κ2) is 6.64. The van der Waals surface area contributed by atoms with Crippen molar-refractivity contribution in [3.63, 3.8) is 0 Å². The van der Waals surface area contributed by atoms with Gasteiger partial charge < -0.3 is 14.6 Å². The zero-order valence-corrected chi connectivity index (χ0v) is 13.0. The van der Waals surface area contributed by atoms with Crippen molar-refractivity contribution in [2.45, 2.75) is 33.5 Å². The Balaban J connectivity index is 2.24. The van der Waals surface area contributed by atoms with Crippen LogP contribution in [0.25, 0.3) is 0 Å². The van der Waals surface area contributed by atoms with Crippen molar-refractivity contribution >= 4 is 0 Å². The number of rotatable bonds is 5. The van der Waals surface area contributed by atoms with Crippen molar-refractivity contribution in [2.75, 3.05) is 7.11 Å². The fourth-order valence-corrected chi connectivity index (χ4v) is 2.29. The van der Waals surface area contributed by atoms with Crippen LogP contribution in [0, 0.1) is 13.8 Å². The number of ether oxygens (including phenoxy) is 2. The molecule has 21 heavy (non-hydrogen) atoms. The van der Waals surface area contributed by atoms with Crippen LogP contribution in [0.1, 0.15) is 35.3 Å². The summed E-state index contributed by atoms with van der Waals surface area (Å²) in [6.45, 7) is 6.20. The number of aliphatic hydroxyl groups is 1. The second-order valence-electron chi connectivity index (χ2n) is 5.32. The van der Waals surface area contributed by atoms with E-state index in [0.29, 0.717) is 12.4 Å². The number of aryl methyl sites for hydroxylation is 2. The first-order valence-corrected chi connectivity index (χ1v) is 7.06. The Labute approximate surface area is 126 Å². The minimum Gasteiger partial charge on any atom is -0.496 e. The third kappa shape index (κ3) is 3.76. The van der Waals surface area contributed by atoms with Crippen molar-refractivity contribution in [2.24, 2.45) is 0 Å². The van der Waals surface area contributed by atoms with Crippen molar-refractivity contribution in [1.29, 1.82) is 0 Å². The summed E-state index contributed by atoms with van der Waals surface area (Å²) in [5.41, 5.74) is 4.06. The molecule has 112 valence electrons. The number of hydrogen-bond acceptors (Lipinski definition) is 3. The zero-order valence-electron chi connectivity index (χ0n) is 13.0. The van der Waals surface area contributed by atoms with Crippen molar-refractivity contribution < 1.29 is 14.6 Å². The molecule has 3 nitrogen and oxygen atoms in total. The highest BCUT2D eigenvalue weighted by atomic mass is 16.5. The van der Waals surface area contributed by atoms with Gasteiger partial charge in [0, 0.05) is 11.1 Å². The number of benzene rings is 2. The molecular weight excluding hydrogens is 264 g/mol. The lowest BCUT2D eigenvalue weighted by atomic mass is 10.1. The molecule has 0 heterocycles. The fraction of sp³-hybridized carbons (Fsp3) is 0.333. The molecule has 2 aromatic carbocycles. The van der Waals surface area contributed by atoms with Crippen LogP contribution in [0.5, 0.6) is 11.5 Å². The highest BCUT2D eigenvalue weighted by Gasteiger charge is 2.11. The van der Waals surface area contributed by atoms with Gasteiger partial charge in [-0.1, -0.05) is 23.8 Å². The van der Waals surface area contributed by atoms with E-state index >= 15 is 0 Å². The summed E-state index contributed by atoms with van der Waals surface area (Å²) in [6, 6.07) is 11.8. The molecule has 0 saturated heterocycles. The van der Waals surface area contributed by atoms with Gasteiger partial charge in [-0.05, 0) is 44.5 Å². The van der Waals surface area contributed by atoms with Crippen LogP contribution in [0.15, 0.2) is 36.4 Å². The maximum Gasteiger partial charge on any atom is 0.125 e. The standard InChI is InChI=1S/C18H22O3/c1-12-6-8-17(20-4)15(9-12)11-21-18-10-13(2)5-7-16(18)14(3)19/h5-10,14,19H,11H2,1-4H3/t14-/m0/s1. The summed E-state index contributed by atoms with van der Waals surface area (Å²) in [5.74, 6) is 1.53. The highest BCUT2D eigenvalue weighted by molar-refractivity contribution is 5.40. The van der Waals surface area contributed by atoms with Crippen LogP contribution in [-0.2, 0) is 6.61 Å². The monoisotopic (exact) mass is 286 g/mol. The zero-order chi connectivity index (χ0) is 15.4. The highest BCUT2D eigenvalue weighted by Crippen LogP contribution is 2.28. The predicted octanol–water partition coefficient (Wildman–Crippen LogP) is 3.94. The summed E-state index contributed by atoms with van der Waals surface area (Å²) in [4.78, 5) is 0. The second-order valence-corrected chi connectivity index (χ2v) is 5.32. The molecule has 1 N–H and O–H groups in total. The summed E-state index contributed by atoms with van der Waals surface area (Å²) in [5, 5.41) is 9.83. The molecule has 3 heteroatoms. The van der Waals surface area contributed by atoms with Gasteiger partial charge in [-0.3, -0.25) is 0 Å². The van der Waals surface area contributed by atoms with Crippen LogP contribution in [0.3, 0.4) is 0 Å². The van der Waals surface area contributed by atoms with Crippen LogP contribution >= 0.6 is 0 Å². The number of aliphatic hydroxyl groups excluding tert-OH is 1. The molecule has 0 aliphatic rings. The minimum atomic E-state index is -0.556. The Hall–Kier alpha value is -2.00. The minimum absolute atomic E-state index is 0.411. The van der Waals surface area contributed by atoms with Crippen LogP contribution in [0.4, 0.5) is 0 Å². The fourth-order valence-electron chi connectivity index (χ4n) is 2.29. The van der Waals surface area contributed by atoms with E-state index in [1.807, 2.05) is 44.2 Å². The smallest absolute Gasteiger partial charge is 0.125 e. The number of methoxy groups -OCH3 is 1. The van der Waals surface area contributed by atoms with Gasteiger partial charge >= 0.3 is 0 Å². The molecule has 0 fully saturated rings. The van der Waals surface area contributed by atoms with E-state index in [1.165, 1.54) is 0 Å². The SMILES string of the molecule is COc1ccc(C)cc1COc1cc(C)ccc1[C@H](C)O. The van der Waals surface area contributed by atoms with E-state index in [0.717, 1.165) is 28.0 Å². The van der Waals surface area contributed by atoms with Crippen molar-refractivity contribution in [3.05, 3.63) is 58.7 Å². The molecule has 0 bridgehead atoms. The maximum atomic E-state index is 9.83. The average molecular weight is 286 g/mol. The van der Waals surface area contributed by atoms with E-state index in [4.69, 9.17) is 9.47 Å². The van der Waals surface area contributed by atoms with E-state index in [9.17, 15) is 5.11 Å². The van der Waals surface area contributed by atoms with Gasteiger partial charge in [0.1, 0.15) is 18.1 Å². The maximum absolute atomic E-state index is 9.83. The Kier molecular flexibility index (Phi) is 4.86. The third-order valence-electron chi connectivity index (χ3n) is 3.44. The van der Waals surface area contributed by atoms with Gasteiger partial charge in [0.2, 0.25) is 0 Å². The molecule has 0 aliphatic carbocycles. The Morgan fingerprint density at radius 3 is 2.33 bits per heavy atom. The largest absolute Gasteiger partial charge is 0.496 e. The molecule has 2 aromatic rings. The Morgan fingerprint density at radius 1 is 1.00 bits per heavy atom. The predicted molar refractivity (Wildman–Crippen MR) is 83.9 cm³/mol. The molecule has 1 atom stereocenters. The first kappa shape index (κ1) is 15.4. The van der Waals surface area contributed by atoms with Gasteiger partial charge in [0.05, 0.1) is 13.2 Å². The topological polar surface area (TPSA) is 38.7 Å². The van der Waals surface area contributed by atoms with Gasteiger partial charge in [0.15, 0.2) is 0 Å². The molecule has 0 saturated carbocycles. The lowest BCUT2D eigenvalue weighted by molar-refractivity contribution is 0.190. The van der Waals surface area contributed by atoms with Crippen molar-refractivity contribution in [1.82, 2.24) is 0 Å². The van der Waals surface area contributed by atoms with Crippen LogP contribution in [0.2, 0.25) is 0 Å². The molecule has 0 radical (unpaired) electrons. The lowest BCUT2D eigenvalue weighted by Gasteiger charge is -2.16. The first-order valence-electron chi connectivity index (χ1n) is 7.06. The summed E-state index contributed by atoms with van der Waals surface area (Å²) in [7, 11) is 1.65. The normalized spacial score (nSPS) is 12.0. The molecular formula is C18H22O3.